The van der Waals surface area contributed by atoms with Gasteiger partial charge < -0.3 is 11.1 Å². The van der Waals surface area contributed by atoms with Gasteiger partial charge in [0.05, 0.1) is 11.6 Å². The third kappa shape index (κ3) is 11.6. The molecule has 1 aromatic carbocycles. The normalized spacial score (nSPS) is 12.9. The third-order valence-corrected chi connectivity index (χ3v) is 5.93. The molecule has 0 saturated heterocycles. The molecule has 170 valence electrons. The molecule has 4 nitrogen and oxygen atoms in total. The largest absolute Gasteiger partial charge is 0.398 e. The number of rotatable bonds is 13. The minimum atomic E-state index is -0.516. The van der Waals surface area contributed by atoms with Gasteiger partial charge in [-0.1, -0.05) is 47.1 Å². The number of allylic oxidation sites excluding steroid dienone is 5. The summed E-state index contributed by atoms with van der Waals surface area (Å²) in [5, 5.41) is 2.81. The summed E-state index contributed by atoms with van der Waals surface area (Å²) in [7, 11) is 0. The first-order chi connectivity index (χ1) is 14.7. The van der Waals surface area contributed by atoms with E-state index in [0.29, 0.717) is 17.0 Å². The lowest BCUT2D eigenvalue weighted by atomic mass is 10.1. The Balaban J connectivity index is 2.41. The van der Waals surface area contributed by atoms with Gasteiger partial charge in [-0.2, -0.15) is 11.8 Å². The van der Waals surface area contributed by atoms with E-state index in [1.165, 1.54) is 23.6 Å². The highest BCUT2D eigenvalue weighted by molar-refractivity contribution is 7.99. The Morgan fingerprint density at radius 2 is 1.58 bits per heavy atom. The van der Waals surface area contributed by atoms with E-state index in [9.17, 15) is 9.59 Å². The predicted molar refractivity (Wildman–Crippen MR) is 136 cm³/mol. The zero-order chi connectivity index (χ0) is 23.2. The summed E-state index contributed by atoms with van der Waals surface area (Å²) in [5.41, 5.74) is 10.8. The van der Waals surface area contributed by atoms with E-state index >= 15 is 0 Å². The standard InChI is InChI=1S/C26H38N2O2S/c1-19(2)10-8-11-20(3)12-9-13-21(4)16-17-31-18-25(22(5)29)28-26(30)23-14-6-7-15-24(23)27/h6-7,10,12,14-16,25H,8-9,11,13,17-18,27H2,1-5H3,(H,28,30)/b20-12+,21-16+. The van der Waals surface area contributed by atoms with Crippen molar-refractivity contribution in [2.45, 2.75) is 66.3 Å². The molecule has 1 amide bonds. The first-order valence-electron chi connectivity index (χ1n) is 10.9. The Bertz CT molecular complexity index is 820. The monoisotopic (exact) mass is 442 g/mol. The van der Waals surface area contributed by atoms with Crippen LogP contribution in [0.25, 0.3) is 0 Å². The number of hydrogen-bond donors (Lipinski definition) is 2. The van der Waals surface area contributed by atoms with Crippen LogP contribution in [0.3, 0.4) is 0 Å². The quantitative estimate of drug-likeness (QED) is 0.220. The molecule has 3 N–H and O–H groups in total. The highest BCUT2D eigenvalue weighted by Gasteiger charge is 2.18. The molecule has 1 aromatic rings. The molecule has 1 unspecified atom stereocenters. The van der Waals surface area contributed by atoms with Gasteiger partial charge in [0.2, 0.25) is 0 Å². The smallest absolute Gasteiger partial charge is 0.253 e. The summed E-state index contributed by atoms with van der Waals surface area (Å²) in [6, 6.07) is 6.37. The van der Waals surface area contributed by atoms with Crippen LogP contribution in [0.1, 0.15) is 70.7 Å². The number of amides is 1. The number of nitrogens with two attached hydrogens (primary N) is 1. The van der Waals surface area contributed by atoms with Gasteiger partial charge in [-0.05, 0) is 72.4 Å². The second-order valence-corrected chi connectivity index (χ2v) is 9.30. The van der Waals surface area contributed by atoms with Crippen molar-refractivity contribution in [1.82, 2.24) is 5.32 Å². The van der Waals surface area contributed by atoms with Gasteiger partial charge in [0, 0.05) is 17.2 Å². The number of nitrogen functional groups attached to an aromatic ring is 1. The van der Waals surface area contributed by atoms with Crippen LogP contribution in [0.2, 0.25) is 0 Å². The van der Waals surface area contributed by atoms with Crippen LogP contribution in [0, 0.1) is 0 Å². The fourth-order valence-electron chi connectivity index (χ4n) is 2.93. The van der Waals surface area contributed by atoms with Crippen LogP contribution in [0.4, 0.5) is 5.69 Å². The van der Waals surface area contributed by atoms with Gasteiger partial charge in [-0.25, -0.2) is 0 Å². The van der Waals surface area contributed by atoms with Crippen molar-refractivity contribution in [3.8, 4) is 0 Å². The summed E-state index contributed by atoms with van der Waals surface area (Å²) in [4.78, 5) is 24.4. The van der Waals surface area contributed by atoms with Crippen LogP contribution in [0.5, 0.6) is 0 Å². The first-order valence-corrected chi connectivity index (χ1v) is 12.0. The van der Waals surface area contributed by atoms with E-state index in [2.05, 4.69) is 51.2 Å². The molecule has 0 radical (unpaired) electrons. The summed E-state index contributed by atoms with van der Waals surface area (Å²) in [6.07, 6.45) is 11.2. The molecule has 1 atom stereocenters. The van der Waals surface area contributed by atoms with Gasteiger partial charge in [0.25, 0.3) is 5.91 Å². The molecule has 0 heterocycles. The fraction of sp³-hybridized carbons (Fsp3) is 0.462. The van der Waals surface area contributed by atoms with Crippen molar-refractivity contribution >= 4 is 29.1 Å². The third-order valence-electron chi connectivity index (χ3n) is 4.96. The molecule has 0 bridgehead atoms. The van der Waals surface area contributed by atoms with Crippen molar-refractivity contribution in [2.24, 2.45) is 0 Å². The maximum absolute atomic E-state index is 12.4. The zero-order valence-corrected chi connectivity index (χ0v) is 20.5. The van der Waals surface area contributed by atoms with Gasteiger partial charge in [-0.3, -0.25) is 9.59 Å². The van der Waals surface area contributed by atoms with E-state index in [1.807, 2.05) is 0 Å². The molecule has 0 aliphatic heterocycles. The Morgan fingerprint density at radius 3 is 2.19 bits per heavy atom. The van der Waals surface area contributed by atoms with Crippen LogP contribution < -0.4 is 11.1 Å². The number of carbonyl (C=O) groups is 2. The average Bonchev–Trinajstić information content (AvgIpc) is 2.70. The number of Topliss-reactive ketones (excluding diaryl/α,β-unsaturated/α-hetero) is 1. The maximum Gasteiger partial charge on any atom is 0.253 e. The van der Waals surface area contributed by atoms with E-state index < -0.39 is 6.04 Å². The molecule has 31 heavy (non-hydrogen) atoms. The Hall–Kier alpha value is -2.27. The number of benzene rings is 1. The average molecular weight is 443 g/mol. The van der Waals surface area contributed by atoms with Crippen molar-refractivity contribution < 1.29 is 9.59 Å². The summed E-state index contributed by atoms with van der Waals surface area (Å²) < 4.78 is 0. The Kier molecular flexibility index (Phi) is 12.7. The molecular formula is C26H38N2O2S. The highest BCUT2D eigenvalue weighted by atomic mass is 32.2. The molecule has 5 heteroatoms. The molecule has 0 fully saturated rings. The second kappa shape index (κ2) is 14.7. The van der Waals surface area contributed by atoms with Gasteiger partial charge in [0.15, 0.2) is 5.78 Å². The second-order valence-electron chi connectivity index (χ2n) is 8.22. The molecule has 1 rings (SSSR count). The van der Waals surface area contributed by atoms with Crippen molar-refractivity contribution in [2.75, 3.05) is 17.2 Å². The van der Waals surface area contributed by atoms with Crippen LogP contribution in [-0.4, -0.2) is 29.2 Å². The van der Waals surface area contributed by atoms with E-state index in [0.717, 1.165) is 31.4 Å². The van der Waals surface area contributed by atoms with E-state index in [-0.39, 0.29) is 11.7 Å². The predicted octanol–water partition coefficient (Wildman–Crippen LogP) is 6.11. The molecule has 0 spiro atoms. The number of ketones is 1. The fourth-order valence-corrected chi connectivity index (χ4v) is 4.02. The topological polar surface area (TPSA) is 72.2 Å². The van der Waals surface area contributed by atoms with Crippen molar-refractivity contribution in [3.05, 3.63) is 64.8 Å². The van der Waals surface area contributed by atoms with Crippen molar-refractivity contribution in [1.29, 1.82) is 0 Å². The Morgan fingerprint density at radius 1 is 0.968 bits per heavy atom. The van der Waals surface area contributed by atoms with E-state index in [1.54, 1.807) is 36.0 Å². The SMILES string of the molecule is CC(=O)C(CSC/C=C(\C)CC/C=C(\C)CCC=C(C)C)NC(=O)c1ccccc1N. The number of carbonyl (C=O) groups excluding carboxylic acids is 2. The first kappa shape index (κ1) is 26.8. The van der Waals surface area contributed by atoms with Gasteiger partial charge in [-0.15, -0.1) is 0 Å². The lowest BCUT2D eigenvalue weighted by molar-refractivity contribution is -0.118. The van der Waals surface area contributed by atoms with Crippen LogP contribution in [0.15, 0.2) is 59.2 Å². The molecule has 0 saturated carbocycles. The maximum atomic E-state index is 12.4. The number of thioether (sulfide) groups is 1. The summed E-state index contributed by atoms with van der Waals surface area (Å²) in [6.45, 7) is 10.1. The highest BCUT2D eigenvalue weighted by Crippen LogP contribution is 2.14. The minimum Gasteiger partial charge on any atom is -0.398 e. The van der Waals surface area contributed by atoms with Gasteiger partial charge >= 0.3 is 0 Å². The zero-order valence-electron chi connectivity index (χ0n) is 19.7. The number of nitrogens with one attached hydrogen (secondary N) is 1. The summed E-state index contributed by atoms with van der Waals surface area (Å²) >= 11 is 1.65. The van der Waals surface area contributed by atoms with Gasteiger partial charge in [0.1, 0.15) is 0 Å². The Labute approximate surface area is 192 Å². The molecule has 0 aromatic heterocycles. The molecule has 0 aliphatic rings. The molecular weight excluding hydrogens is 404 g/mol. The molecule has 0 aliphatic carbocycles. The van der Waals surface area contributed by atoms with Crippen LogP contribution >= 0.6 is 11.8 Å². The van der Waals surface area contributed by atoms with Crippen LogP contribution in [-0.2, 0) is 4.79 Å². The van der Waals surface area contributed by atoms with Crippen molar-refractivity contribution in [3.63, 3.8) is 0 Å². The van der Waals surface area contributed by atoms with E-state index in [4.69, 9.17) is 5.73 Å². The minimum absolute atomic E-state index is 0.0511. The number of para-hydroxylation sites is 1. The lowest BCUT2D eigenvalue weighted by Crippen LogP contribution is -2.41. The number of hydrogen-bond acceptors (Lipinski definition) is 4. The summed E-state index contributed by atoms with van der Waals surface area (Å²) in [5.74, 6) is 1.01. The number of anilines is 1. The lowest BCUT2D eigenvalue weighted by Gasteiger charge is -2.16.